The SMILES string of the molecule is CCCC(C)(C)NC(=O)CCC(C)N. The van der Waals surface area contributed by atoms with Crippen molar-refractivity contribution in [1.29, 1.82) is 0 Å². The number of amides is 1. The van der Waals surface area contributed by atoms with Crippen LogP contribution in [0, 0.1) is 0 Å². The van der Waals surface area contributed by atoms with Gasteiger partial charge in [-0.3, -0.25) is 4.79 Å². The highest BCUT2D eigenvalue weighted by molar-refractivity contribution is 5.76. The zero-order chi connectivity index (χ0) is 11.2. The zero-order valence-electron chi connectivity index (χ0n) is 9.89. The molecule has 0 fully saturated rings. The number of hydrogen-bond donors (Lipinski definition) is 2. The highest BCUT2D eigenvalue weighted by Crippen LogP contribution is 2.11. The van der Waals surface area contributed by atoms with Crippen molar-refractivity contribution in [1.82, 2.24) is 5.32 Å². The molecule has 0 aromatic heterocycles. The molecule has 0 saturated carbocycles. The minimum absolute atomic E-state index is 0.0797. The molecule has 0 heterocycles. The molecule has 0 saturated heterocycles. The van der Waals surface area contributed by atoms with Gasteiger partial charge in [0.25, 0.3) is 0 Å². The van der Waals surface area contributed by atoms with E-state index >= 15 is 0 Å². The number of carbonyl (C=O) groups excluding carboxylic acids is 1. The normalized spacial score (nSPS) is 13.8. The van der Waals surface area contributed by atoms with Gasteiger partial charge in [-0.1, -0.05) is 13.3 Å². The van der Waals surface area contributed by atoms with Gasteiger partial charge in [0.2, 0.25) is 5.91 Å². The van der Waals surface area contributed by atoms with Crippen molar-refractivity contribution in [2.24, 2.45) is 5.73 Å². The molecule has 84 valence electrons. The maximum Gasteiger partial charge on any atom is 0.220 e. The molecule has 3 heteroatoms. The monoisotopic (exact) mass is 200 g/mol. The standard InChI is InChI=1S/C11H24N2O/c1-5-8-11(3,4)13-10(14)7-6-9(2)12/h9H,5-8,12H2,1-4H3,(H,13,14). The molecule has 0 aliphatic heterocycles. The fourth-order valence-electron chi connectivity index (χ4n) is 1.49. The molecule has 0 rings (SSSR count). The second kappa shape index (κ2) is 6.02. The van der Waals surface area contributed by atoms with E-state index in [4.69, 9.17) is 5.73 Å². The molecule has 14 heavy (non-hydrogen) atoms. The highest BCUT2D eigenvalue weighted by Gasteiger charge is 2.18. The summed E-state index contributed by atoms with van der Waals surface area (Å²) in [6.07, 6.45) is 3.39. The minimum atomic E-state index is -0.0797. The van der Waals surface area contributed by atoms with Crippen LogP contribution in [0.15, 0.2) is 0 Å². The Morgan fingerprint density at radius 3 is 2.50 bits per heavy atom. The summed E-state index contributed by atoms with van der Waals surface area (Å²) < 4.78 is 0. The average molecular weight is 200 g/mol. The molecule has 0 bridgehead atoms. The maximum atomic E-state index is 11.5. The van der Waals surface area contributed by atoms with Gasteiger partial charge in [0.1, 0.15) is 0 Å². The molecular formula is C11H24N2O. The largest absolute Gasteiger partial charge is 0.351 e. The van der Waals surface area contributed by atoms with Crippen molar-refractivity contribution >= 4 is 5.91 Å². The molecule has 3 N–H and O–H groups in total. The van der Waals surface area contributed by atoms with E-state index in [1.54, 1.807) is 0 Å². The van der Waals surface area contributed by atoms with Crippen molar-refractivity contribution in [3.8, 4) is 0 Å². The molecule has 1 amide bonds. The summed E-state index contributed by atoms with van der Waals surface area (Å²) in [5.41, 5.74) is 5.50. The molecule has 1 unspecified atom stereocenters. The van der Waals surface area contributed by atoms with E-state index in [-0.39, 0.29) is 17.5 Å². The molecule has 1 atom stereocenters. The lowest BCUT2D eigenvalue weighted by atomic mass is 9.98. The van der Waals surface area contributed by atoms with Gasteiger partial charge in [0.15, 0.2) is 0 Å². The number of nitrogens with one attached hydrogen (secondary N) is 1. The van der Waals surface area contributed by atoms with Crippen molar-refractivity contribution in [3.63, 3.8) is 0 Å². The predicted molar refractivity (Wildman–Crippen MR) is 60.0 cm³/mol. The Hall–Kier alpha value is -0.570. The molecule has 0 aliphatic rings. The quantitative estimate of drug-likeness (QED) is 0.687. The number of rotatable bonds is 6. The van der Waals surface area contributed by atoms with Crippen molar-refractivity contribution in [3.05, 3.63) is 0 Å². The Morgan fingerprint density at radius 1 is 1.50 bits per heavy atom. The van der Waals surface area contributed by atoms with Crippen LogP contribution in [0.1, 0.15) is 53.4 Å². The van der Waals surface area contributed by atoms with Gasteiger partial charge < -0.3 is 11.1 Å². The zero-order valence-corrected chi connectivity index (χ0v) is 9.89. The van der Waals surface area contributed by atoms with E-state index in [1.807, 2.05) is 6.92 Å². The van der Waals surface area contributed by atoms with E-state index < -0.39 is 0 Å². The third-order valence-corrected chi connectivity index (χ3v) is 2.18. The van der Waals surface area contributed by atoms with Crippen LogP contribution in [0.25, 0.3) is 0 Å². The van der Waals surface area contributed by atoms with E-state index in [0.29, 0.717) is 6.42 Å². The lowest BCUT2D eigenvalue weighted by Gasteiger charge is -2.25. The van der Waals surface area contributed by atoms with Crippen LogP contribution in [0.2, 0.25) is 0 Å². The van der Waals surface area contributed by atoms with E-state index in [0.717, 1.165) is 19.3 Å². The Kier molecular flexibility index (Phi) is 5.77. The van der Waals surface area contributed by atoms with Crippen LogP contribution < -0.4 is 11.1 Å². The Morgan fingerprint density at radius 2 is 2.07 bits per heavy atom. The average Bonchev–Trinajstić information content (AvgIpc) is 1.99. The van der Waals surface area contributed by atoms with Crippen LogP contribution in [0.3, 0.4) is 0 Å². The van der Waals surface area contributed by atoms with Crippen LogP contribution in [-0.2, 0) is 4.79 Å². The van der Waals surface area contributed by atoms with Crippen molar-refractivity contribution < 1.29 is 4.79 Å². The first kappa shape index (κ1) is 13.4. The van der Waals surface area contributed by atoms with E-state index in [2.05, 4.69) is 26.1 Å². The van der Waals surface area contributed by atoms with Crippen molar-refractivity contribution in [2.75, 3.05) is 0 Å². The summed E-state index contributed by atoms with van der Waals surface area (Å²) >= 11 is 0. The summed E-state index contributed by atoms with van der Waals surface area (Å²) in [6, 6.07) is 0.107. The minimum Gasteiger partial charge on any atom is -0.351 e. The maximum absolute atomic E-state index is 11.5. The molecule has 0 radical (unpaired) electrons. The predicted octanol–water partition coefficient (Wildman–Crippen LogP) is 1.81. The lowest BCUT2D eigenvalue weighted by Crippen LogP contribution is -2.43. The van der Waals surface area contributed by atoms with Gasteiger partial charge in [-0.05, 0) is 33.6 Å². The second-order valence-electron chi connectivity index (χ2n) is 4.70. The molecule has 3 nitrogen and oxygen atoms in total. The Balaban J connectivity index is 3.81. The smallest absolute Gasteiger partial charge is 0.220 e. The van der Waals surface area contributed by atoms with E-state index in [9.17, 15) is 4.79 Å². The molecule has 0 aromatic carbocycles. The van der Waals surface area contributed by atoms with Crippen molar-refractivity contribution in [2.45, 2.75) is 65.0 Å². The number of carbonyl (C=O) groups is 1. The van der Waals surface area contributed by atoms with Crippen LogP contribution in [0.5, 0.6) is 0 Å². The summed E-state index contributed by atoms with van der Waals surface area (Å²) in [5, 5.41) is 3.02. The van der Waals surface area contributed by atoms with Gasteiger partial charge in [0.05, 0.1) is 0 Å². The van der Waals surface area contributed by atoms with Gasteiger partial charge in [-0.15, -0.1) is 0 Å². The molecule has 0 spiro atoms. The van der Waals surface area contributed by atoms with Gasteiger partial charge in [-0.25, -0.2) is 0 Å². The first-order chi connectivity index (χ1) is 6.37. The topological polar surface area (TPSA) is 55.1 Å². The Bertz CT molecular complexity index is 176. The van der Waals surface area contributed by atoms with Crippen LogP contribution >= 0.6 is 0 Å². The summed E-state index contributed by atoms with van der Waals surface area (Å²) in [5.74, 6) is 0.112. The summed E-state index contributed by atoms with van der Waals surface area (Å²) in [4.78, 5) is 11.5. The fourth-order valence-corrected chi connectivity index (χ4v) is 1.49. The third-order valence-electron chi connectivity index (χ3n) is 2.18. The summed E-state index contributed by atoms with van der Waals surface area (Å²) in [7, 11) is 0. The van der Waals surface area contributed by atoms with E-state index in [1.165, 1.54) is 0 Å². The van der Waals surface area contributed by atoms with Gasteiger partial charge in [0, 0.05) is 18.0 Å². The first-order valence-corrected chi connectivity index (χ1v) is 5.44. The van der Waals surface area contributed by atoms with Gasteiger partial charge in [-0.2, -0.15) is 0 Å². The van der Waals surface area contributed by atoms with Gasteiger partial charge >= 0.3 is 0 Å². The second-order valence-corrected chi connectivity index (χ2v) is 4.70. The first-order valence-electron chi connectivity index (χ1n) is 5.44. The molecular weight excluding hydrogens is 176 g/mol. The fraction of sp³-hybridized carbons (Fsp3) is 0.909. The number of nitrogens with two attached hydrogens (primary N) is 1. The van der Waals surface area contributed by atoms with Crippen LogP contribution in [-0.4, -0.2) is 17.5 Å². The number of hydrogen-bond acceptors (Lipinski definition) is 2. The van der Waals surface area contributed by atoms with Crippen LogP contribution in [0.4, 0.5) is 0 Å². The Labute approximate surface area is 87.4 Å². The molecule has 0 aromatic rings. The lowest BCUT2D eigenvalue weighted by molar-refractivity contribution is -0.122. The molecule has 0 aliphatic carbocycles. The highest BCUT2D eigenvalue weighted by atomic mass is 16.1. The third kappa shape index (κ3) is 6.89. The summed E-state index contributed by atoms with van der Waals surface area (Å²) in [6.45, 7) is 8.15.